The van der Waals surface area contributed by atoms with Crippen molar-refractivity contribution in [2.45, 2.75) is 31.1 Å². The highest BCUT2D eigenvalue weighted by Gasteiger charge is 2.17. The fourth-order valence-corrected chi connectivity index (χ4v) is 2.78. The van der Waals surface area contributed by atoms with Crippen LogP contribution in [0, 0.1) is 0 Å². The van der Waals surface area contributed by atoms with Gasteiger partial charge in [0.25, 0.3) is 0 Å². The number of aromatic carboxylic acids is 1. The highest BCUT2D eigenvalue weighted by molar-refractivity contribution is 6.32. The van der Waals surface area contributed by atoms with Crippen molar-refractivity contribution in [3.8, 4) is 0 Å². The average molecular weight is 320 g/mol. The summed E-state index contributed by atoms with van der Waals surface area (Å²) >= 11 is 5.79. The van der Waals surface area contributed by atoms with Crippen LogP contribution in [0.15, 0.2) is 47.6 Å². The summed E-state index contributed by atoms with van der Waals surface area (Å²) in [4.78, 5) is 10.8. The van der Waals surface area contributed by atoms with Gasteiger partial charge in [-0.15, -0.1) is 11.6 Å². The molecule has 2 aromatic carbocycles. The Labute approximate surface area is 134 Å². The van der Waals surface area contributed by atoms with E-state index in [2.05, 4.69) is 5.16 Å². The SMILES string of the molecule is O/N=C1/CCCCC1Cl.O=C(O)c1cccc2ccccc12. The monoisotopic (exact) mass is 319 g/mol. The Morgan fingerprint density at radius 2 is 1.86 bits per heavy atom. The van der Waals surface area contributed by atoms with E-state index in [0.717, 1.165) is 42.2 Å². The number of carbonyl (C=O) groups is 1. The third kappa shape index (κ3) is 3.98. The number of fused-ring (bicyclic) bond motifs is 1. The highest BCUT2D eigenvalue weighted by Crippen LogP contribution is 2.20. The Balaban J connectivity index is 0.000000172. The fourth-order valence-electron chi connectivity index (χ4n) is 2.48. The summed E-state index contributed by atoms with van der Waals surface area (Å²) in [5.74, 6) is -0.878. The fraction of sp³-hybridized carbons (Fsp3) is 0.294. The Bertz CT molecular complexity index is 679. The Hall–Kier alpha value is -2.07. The van der Waals surface area contributed by atoms with Crippen LogP contribution in [0.4, 0.5) is 0 Å². The maximum Gasteiger partial charge on any atom is 0.336 e. The third-order valence-corrected chi connectivity index (χ3v) is 4.12. The van der Waals surface area contributed by atoms with Gasteiger partial charge in [-0.1, -0.05) is 48.0 Å². The first-order valence-electron chi connectivity index (χ1n) is 7.19. The molecule has 5 heteroatoms. The minimum absolute atomic E-state index is 0.0104. The Morgan fingerprint density at radius 3 is 2.50 bits per heavy atom. The van der Waals surface area contributed by atoms with E-state index in [1.54, 1.807) is 12.1 Å². The molecular formula is C17H18ClNO3. The molecule has 1 aliphatic rings. The van der Waals surface area contributed by atoms with E-state index in [4.69, 9.17) is 21.9 Å². The molecule has 0 aliphatic heterocycles. The molecule has 0 amide bonds. The number of alkyl halides is 1. The predicted molar refractivity (Wildman–Crippen MR) is 88.2 cm³/mol. The molecule has 1 saturated carbocycles. The molecular weight excluding hydrogens is 302 g/mol. The quantitative estimate of drug-likeness (QED) is 0.460. The van der Waals surface area contributed by atoms with Gasteiger partial charge in [0.05, 0.1) is 16.7 Å². The van der Waals surface area contributed by atoms with E-state index in [1.807, 2.05) is 30.3 Å². The number of benzene rings is 2. The lowest BCUT2D eigenvalue weighted by atomic mass is 9.98. The second-order valence-corrected chi connectivity index (χ2v) is 5.66. The van der Waals surface area contributed by atoms with Crippen molar-refractivity contribution >= 4 is 34.1 Å². The summed E-state index contributed by atoms with van der Waals surface area (Å²) < 4.78 is 0. The van der Waals surface area contributed by atoms with Crippen molar-refractivity contribution in [3.63, 3.8) is 0 Å². The van der Waals surface area contributed by atoms with Crippen LogP contribution in [0.1, 0.15) is 36.0 Å². The molecule has 1 unspecified atom stereocenters. The molecule has 0 spiro atoms. The van der Waals surface area contributed by atoms with Gasteiger partial charge in [0, 0.05) is 0 Å². The minimum atomic E-state index is -0.878. The van der Waals surface area contributed by atoms with Crippen LogP contribution in [0.3, 0.4) is 0 Å². The van der Waals surface area contributed by atoms with Gasteiger partial charge >= 0.3 is 5.97 Å². The summed E-state index contributed by atoms with van der Waals surface area (Å²) in [7, 11) is 0. The first-order chi connectivity index (χ1) is 10.6. The molecule has 1 aliphatic carbocycles. The van der Waals surface area contributed by atoms with Crippen molar-refractivity contribution < 1.29 is 15.1 Å². The van der Waals surface area contributed by atoms with Crippen LogP contribution in [0.2, 0.25) is 0 Å². The maximum atomic E-state index is 10.8. The predicted octanol–water partition coefficient (Wildman–Crippen LogP) is 4.54. The number of halogens is 1. The maximum absolute atomic E-state index is 10.8. The second-order valence-electron chi connectivity index (χ2n) is 5.14. The van der Waals surface area contributed by atoms with Gasteiger partial charge in [-0.05, 0) is 36.1 Å². The van der Waals surface area contributed by atoms with E-state index >= 15 is 0 Å². The Morgan fingerprint density at radius 1 is 1.14 bits per heavy atom. The summed E-state index contributed by atoms with van der Waals surface area (Å²) in [5.41, 5.74) is 1.11. The topological polar surface area (TPSA) is 69.9 Å². The van der Waals surface area contributed by atoms with E-state index in [9.17, 15) is 4.79 Å². The van der Waals surface area contributed by atoms with E-state index in [1.165, 1.54) is 0 Å². The highest BCUT2D eigenvalue weighted by atomic mass is 35.5. The lowest BCUT2D eigenvalue weighted by Gasteiger charge is -2.15. The number of rotatable bonds is 1. The molecule has 1 atom stereocenters. The van der Waals surface area contributed by atoms with Gasteiger partial charge in [0.1, 0.15) is 0 Å². The van der Waals surface area contributed by atoms with Gasteiger partial charge in [-0.2, -0.15) is 0 Å². The first kappa shape index (κ1) is 16.3. The molecule has 3 rings (SSSR count). The second kappa shape index (κ2) is 7.80. The van der Waals surface area contributed by atoms with Crippen LogP contribution in [0.5, 0.6) is 0 Å². The molecule has 4 nitrogen and oxygen atoms in total. The minimum Gasteiger partial charge on any atom is -0.478 e. The largest absolute Gasteiger partial charge is 0.478 e. The molecule has 2 N–H and O–H groups in total. The zero-order valence-corrected chi connectivity index (χ0v) is 12.8. The number of carboxylic acid groups (broad SMARTS) is 1. The van der Waals surface area contributed by atoms with Crippen LogP contribution < -0.4 is 0 Å². The van der Waals surface area contributed by atoms with Gasteiger partial charge in [0.2, 0.25) is 0 Å². The molecule has 0 heterocycles. The summed E-state index contributed by atoms with van der Waals surface area (Å²) in [6.45, 7) is 0. The average Bonchev–Trinajstić information content (AvgIpc) is 2.55. The van der Waals surface area contributed by atoms with Crippen LogP contribution in [-0.2, 0) is 0 Å². The summed E-state index contributed by atoms with van der Waals surface area (Å²) in [6, 6.07) is 12.7. The van der Waals surface area contributed by atoms with Crippen molar-refractivity contribution in [1.29, 1.82) is 0 Å². The molecule has 0 saturated heterocycles. The number of hydrogen-bond donors (Lipinski definition) is 2. The summed E-state index contributed by atoms with van der Waals surface area (Å²) in [5, 5.41) is 22.1. The van der Waals surface area contributed by atoms with Gasteiger partial charge in [-0.3, -0.25) is 0 Å². The number of nitrogens with zero attached hydrogens (tertiary/aromatic N) is 1. The van der Waals surface area contributed by atoms with Crippen LogP contribution in [0.25, 0.3) is 10.8 Å². The summed E-state index contributed by atoms with van der Waals surface area (Å²) in [6.07, 6.45) is 4.10. The van der Waals surface area contributed by atoms with E-state index in [0.29, 0.717) is 5.56 Å². The van der Waals surface area contributed by atoms with Crippen molar-refractivity contribution in [2.24, 2.45) is 5.16 Å². The van der Waals surface area contributed by atoms with Gasteiger partial charge in [-0.25, -0.2) is 4.79 Å². The van der Waals surface area contributed by atoms with E-state index in [-0.39, 0.29) is 5.38 Å². The zero-order valence-electron chi connectivity index (χ0n) is 12.1. The number of oxime groups is 1. The van der Waals surface area contributed by atoms with Crippen molar-refractivity contribution in [2.75, 3.05) is 0 Å². The van der Waals surface area contributed by atoms with Crippen molar-refractivity contribution in [3.05, 3.63) is 48.0 Å². The Kier molecular flexibility index (Phi) is 5.78. The lowest BCUT2D eigenvalue weighted by Crippen LogP contribution is -2.18. The third-order valence-electron chi connectivity index (χ3n) is 3.65. The standard InChI is InChI=1S/C11H8O2.C6H10ClNO/c12-11(13)10-7-3-5-8-4-1-2-6-9(8)10;7-5-3-1-2-4-6(5)8-9/h1-7H,(H,12,13);5,9H,1-4H2/b;8-6-. The van der Waals surface area contributed by atoms with E-state index < -0.39 is 5.97 Å². The number of carboxylic acids is 1. The first-order valence-corrected chi connectivity index (χ1v) is 7.63. The smallest absolute Gasteiger partial charge is 0.336 e. The molecule has 22 heavy (non-hydrogen) atoms. The van der Waals surface area contributed by atoms with Crippen LogP contribution >= 0.6 is 11.6 Å². The van der Waals surface area contributed by atoms with Crippen LogP contribution in [-0.4, -0.2) is 27.4 Å². The van der Waals surface area contributed by atoms with Crippen molar-refractivity contribution in [1.82, 2.24) is 0 Å². The zero-order chi connectivity index (χ0) is 15.9. The molecule has 1 fully saturated rings. The molecule has 116 valence electrons. The molecule has 0 bridgehead atoms. The normalized spacial score (nSPS) is 19.5. The number of hydrogen-bond acceptors (Lipinski definition) is 3. The lowest BCUT2D eigenvalue weighted by molar-refractivity contribution is 0.0699. The molecule has 2 aromatic rings. The van der Waals surface area contributed by atoms with Gasteiger partial charge in [0.15, 0.2) is 0 Å². The molecule has 0 radical (unpaired) electrons. The molecule has 0 aromatic heterocycles. The van der Waals surface area contributed by atoms with Gasteiger partial charge < -0.3 is 10.3 Å².